The van der Waals surface area contributed by atoms with E-state index in [-0.39, 0.29) is 0 Å². The molecule has 0 aliphatic rings. The zero-order valence-corrected chi connectivity index (χ0v) is 9.21. The number of rotatable bonds is 3. The third-order valence-electron chi connectivity index (χ3n) is 2.18. The Morgan fingerprint density at radius 1 is 0.800 bits per heavy atom. The highest BCUT2D eigenvalue weighted by Crippen LogP contribution is 2.12. The largest absolute Gasteiger partial charge is 0.275 e. The zero-order valence-electron chi connectivity index (χ0n) is 8.39. The Morgan fingerprint density at radius 3 is 1.93 bits per heavy atom. The summed E-state index contributed by atoms with van der Waals surface area (Å²) in [6, 6.07) is 20.3. The maximum Gasteiger partial charge on any atom is 0.0335 e. The molecule has 0 aromatic heterocycles. The molecule has 2 aromatic carbocycles. The van der Waals surface area contributed by atoms with Crippen molar-refractivity contribution in [1.29, 1.82) is 4.78 Å². The second kappa shape index (κ2) is 4.89. The minimum atomic E-state index is -0.434. The van der Waals surface area contributed by atoms with Crippen LogP contribution in [0.4, 0.5) is 0 Å². The molecule has 1 N–H and O–H groups in total. The van der Waals surface area contributed by atoms with E-state index in [2.05, 4.69) is 12.1 Å². The van der Waals surface area contributed by atoms with Crippen LogP contribution in [-0.4, -0.2) is 0 Å². The summed E-state index contributed by atoms with van der Waals surface area (Å²) in [5, 5.41) is 0. The van der Waals surface area contributed by atoms with Gasteiger partial charge in [0, 0.05) is 10.6 Å². The lowest BCUT2D eigenvalue weighted by Gasteiger charge is -2.05. The second-order valence-electron chi connectivity index (χ2n) is 3.33. The van der Waals surface area contributed by atoms with E-state index in [0.29, 0.717) is 0 Å². The minimum absolute atomic E-state index is 0.434. The summed E-state index contributed by atoms with van der Waals surface area (Å²) in [6.45, 7) is 0. The fraction of sp³-hybridized carbons (Fsp3) is 0.0769. The van der Waals surface area contributed by atoms with Gasteiger partial charge in [-0.05, 0) is 17.7 Å². The fourth-order valence-corrected chi connectivity index (χ4v) is 2.59. The first-order valence-corrected chi connectivity index (χ1v) is 6.27. The summed E-state index contributed by atoms with van der Waals surface area (Å²) in [6.07, 6.45) is 0. The maximum absolute atomic E-state index is 8.08. The Hall–Kier alpha value is -1.41. The van der Waals surface area contributed by atoms with Gasteiger partial charge in [0.2, 0.25) is 0 Å². The molecule has 15 heavy (non-hydrogen) atoms. The van der Waals surface area contributed by atoms with Crippen molar-refractivity contribution in [3.63, 3.8) is 0 Å². The number of benzene rings is 2. The van der Waals surface area contributed by atoms with Crippen molar-refractivity contribution in [3.05, 3.63) is 66.2 Å². The number of hydrogen-bond acceptors (Lipinski definition) is 1. The van der Waals surface area contributed by atoms with Gasteiger partial charge in [0.1, 0.15) is 0 Å². The minimum Gasteiger partial charge on any atom is -0.275 e. The molecule has 2 heteroatoms. The van der Waals surface area contributed by atoms with Crippen LogP contribution in [0.1, 0.15) is 5.56 Å². The van der Waals surface area contributed by atoms with E-state index in [9.17, 15) is 0 Å². The van der Waals surface area contributed by atoms with E-state index >= 15 is 0 Å². The highest BCUT2D eigenvalue weighted by atomic mass is 32.2. The molecule has 2 rings (SSSR count). The van der Waals surface area contributed by atoms with E-state index < -0.39 is 10.7 Å². The van der Waals surface area contributed by atoms with Gasteiger partial charge in [-0.15, -0.1) is 0 Å². The molecule has 0 radical (unpaired) electrons. The first-order chi connectivity index (χ1) is 7.36. The van der Waals surface area contributed by atoms with Crippen molar-refractivity contribution < 1.29 is 0 Å². The van der Waals surface area contributed by atoms with Crippen LogP contribution >= 0.6 is 0 Å². The summed E-state index contributed by atoms with van der Waals surface area (Å²) in [4.78, 5) is 1.11. The van der Waals surface area contributed by atoms with Crippen molar-refractivity contribution in [2.75, 3.05) is 0 Å². The van der Waals surface area contributed by atoms with Gasteiger partial charge >= 0.3 is 0 Å². The lowest BCUT2D eigenvalue weighted by Crippen LogP contribution is -1.93. The predicted octanol–water partition coefficient (Wildman–Crippen LogP) is 3.63. The highest BCUT2D eigenvalue weighted by Gasteiger charge is 1.99. The molecular weight excluding hydrogens is 202 g/mol. The van der Waals surface area contributed by atoms with E-state index in [1.807, 2.05) is 48.5 Å². The molecular formula is C13H13NS. The van der Waals surface area contributed by atoms with Gasteiger partial charge in [0.15, 0.2) is 0 Å². The smallest absolute Gasteiger partial charge is 0.0335 e. The molecule has 1 atom stereocenters. The lowest BCUT2D eigenvalue weighted by molar-refractivity contribution is 1.34. The Labute approximate surface area is 92.7 Å². The summed E-state index contributed by atoms with van der Waals surface area (Å²) in [5.74, 6) is 0.810. The van der Waals surface area contributed by atoms with Gasteiger partial charge in [-0.3, -0.25) is 4.78 Å². The summed E-state index contributed by atoms with van der Waals surface area (Å²) in [7, 11) is -0.434. The standard InChI is InChI=1S/C13H13NS/c14-15(13-9-5-2-6-10-13)11-12-7-3-1-4-8-12/h1-10,14H,11H2. The number of hydrogen-bond donors (Lipinski definition) is 1. The van der Waals surface area contributed by atoms with Crippen LogP contribution in [0.5, 0.6) is 0 Å². The van der Waals surface area contributed by atoms with Crippen LogP contribution in [0.25, 0.3) is 0 Å². The molecule has 0 aliphatic heterocycles. The quantitative estimate of drug-likeness (QED) is 0.808. The highest BCUT2D eigenvalue weighted by molar-refractivity contribution is 7.85. The third-order valence-corrected chi connectivity index (χ3v) is 3.64. The Bertz CT molecular complexity index is 437. The molecule has 0 amide bonds. The molecule has 0 heterocycles. The van der Waals surface area contributed by atoms with E-state index in [1.165, 1.54) is 5.56 Å². The van der Waals surface area contributed by atoms with Crippen LogP contribution < -0.4 is 0 Å². The SMILES string of the molecule is N=S(Cc1ccccc1)c1ccccc1. The van der Waals surface area contributed by atoms with E-state index in [1.54, 1.807) is 0 Å². The summed E-state index contributed by atoms with van der Waals surface area (Å²) >= 11 is 0. The van der Waals surface area contributed by atoms with E-state index in [4.69, 9.17) is 4.78 Å². The topological polar surface area (TPSA) is 23.9 Å². The van der Waals surface area contributed by atoms with Gasteiger partial charge in [-0.25, -0.2) is 0 Å². The molecule has 0 fully saturated rings. The van der Waals surface area contributed by atoms with Crippen LogP contribution in [0.3, 0.4) is 0 Å². The summed E-state index contributed by atoms with van der Waals surface area (Å²) < 4.78 is 8.08. The second-order valence-corrected chi connectivity index (χ2v) is 4.88. The monoisotopic (exact) mass is 215 g/mol. The average Bonchev–Trinajstić information content (AvgIpc) is 2.31. The van der Waals surface area contributed by atoms with Gasteiger partial charge in [-0.1, -0.05) is 59.2 Å². The van der Waals surface area contributed by atoms with Crippen LogP contribution in [0, 0.1) is 4.78 Å². The molecule has 76 valence electrons. The molecule has 0 saturated carbocycles. The van der Waals surface area contributed by atoms with Crippen molar-refractivity contribution in [3.8, 4) is 0 Å². The van der Waals surface area contributed by atoms with Gasteiger partial charge in [0.05, 0.1) is 0 Å². The van der Waals surface area contributed by atoms with Gasteiger partial charge < -0.3 is 0 Å². The van der Waals surface area contributed by atoms with Crippen molar-refractivity contribution in [2.45, 2.75) is 10.6 Å². The van der Waals surface area contributed by atoms with Gasteiger partial charge in [-0.2, -0.15) is 0 Å². The predicted molar refractivity (Wildman–Crippen MR) is 64.9 cm³/mol. The van der Waals surface area contributed by atoms with E-state index in [0.717, 1.165) is 10.6 Å². The normalized spacial score (nSPS) is 12.3. The van der Waals surface area contributed by atoms with Crippen LogP contribution in [0.2, 0.25) is 0 Å². The number of nitrogens with one attached hydrogen (secondary N) is 1. The molecule has 0 saturated heterocycles. The van der Waals surface area contributed by atoms with Crippen molar-refractivity contribution >= 4 is 10.7 Å². The Balaban J connectivity index is 2.12. The van der Waals surface area contributed by atoms with Crippen LogP contribution in [0.15, 0.2) is 65.6 Å². The maximum atomic E-state index is 8.08. The van der Waals surface area contributed by atoms with Crippen LogP contribution in [-0.2, 0) is 16.4 Å². The fourth-order valence-electron chi connectivity index (χ4n) is 1.41. The summed E-state index contributed by atoms with van der Waals surface area (Å²) in [5.41, 5.74) is 1.24. The molecule has 2 aromatic rings. The molecule has 1 nitrogen and oxygen atoms in total. The van der Waals surface area contributed by atoms with Gasteiger partial charge in [0.25, 0.3) is 0 Å². The first-order valence-electron chi connectivity index (χ1n) is 4.87. The molecule has 1 unspecified atom stereocenters. The molecule has 0 bridgehead atoms. The van der Waals surface area contributed by atoms with Crippen molar-refractivity contribution in [1.82, 2.24) is 0 Å². The first kappa shape index (κ1) is 10.1. The van der Waals surface area contributed by atoms with Crippen molar-refractivity contribution in [2.24, 2.45) is 0 Å². The molecule has 0 spiro atoms. The third kappa shape index (κ3) is 2.77. The lowest BCUT2D eigenvalue weighted by atomic mass is 10.2. The zero-order chi connectivity index (χ0) is 10.5. The Kier molecular flexibility index (Phi) is 3.30. The Morgan fingerprint density at radius 2 is 1.33 bits per heavy atom. The average molecular weight is 215 g/mol. The molecule has 0 aliphatic carbocycles.